The van der Waals surface area contributed by atoms with Gasteiger partial charge >= 0.3 is 12.1 Å². The van der Waals surface area contributed by atoms with Crippen LogP contribution in [-0.4, -0.2) is 28.3 Å². The van der Waals surface area contributed by atoms with Gasteiger partial charge in [0.2, 0.25) is 0 Å². The van der Waals surface area contributed by atoms with Crippen LogP contribution in [0.5, 0.6) is 0 Å². The fourth-order valence-electron chi connectivity index (χ4n) is 1.13. The van der Waals surface area contributed by atoms with Crippen LogP contribution in [0.4, 0.5) is 9.59 Å². The number of carbonyl (C=O) groups is 2. The molecular weight excluding hydrogens is 222 g/mol. The van der Waals surface area contributed by atoms with Gasteiger partial charge in [-0.2, -0.15) is 0 Å². The highest BCUT2D eigenvalue weighted by Crippen LogP contribution is 2.14. The SMILES string of the molecule is C=CC1(N)C=CN(C(=O)OC(C)(C)C)C(=O)N1. The molecule has 1 aliphatic heterocycles. The van der Waals surface area contributed by atoms with Crippen molar-refractivity contribution in [2.75, 3.05) is 0 Å². The zero-order valence-corrected chi connectivity index (χ0v) is 10.2. The number of urea groups is 1. The maximum absolute atomic E-state index is 11.6. The molecule has 17 heavy (non-hydrogen) atoms. The van der Waals surface area contributed by atoms with E-state index in [1.807, 2.05) is 0 Å². The van der Waals surface area contributed by atoms with E-state index in [0.29, 0.717) is 0 Å². The molecule has 0 saturated carbocycles. The lowest BCUT2D eigenvalue weighted by atomic mass is 10.1. The number of imide groups is 1. The van der Waals surface area contributed by atoms with Gasteiger partial charge in [-0.3, -0.25) is 0 Å². The minimum absolute atomic E-state index is 0.649. The van der Waals surface area contributed by atoms with Crippen molar-refractivity contribution in [3.8, 4) is 0 Å². The second-order valence-electron chi connectivity index (χ2n) is 4.73. The van der Waals surface area contributed by atoms with E-state index in [-0.39, 0.29) is 0 Å². The van der Waals surface area contributed by atoms with Crippen LogP contribution in [0.1, 0.15) is 20.8 Å². The molecule has 0 spiro atoms. The van der Waals surface area contributed by atoms with E-state index < -0.39 is 23.4 Å². The Balaban J connectivity index is 2.82. The fourth-order valence-corrected chi connectivity index (χ4v) is 1.13. The maximum Gasteiger partial charge on any atom is 0.422 e. The first kappa shape index (κ1) is 13.2. The number of carbonyl (C=O) groups excluding carboxylic acids is 2. The Labute approximate surface area is 100 Å². The molecule has 1 rings (SSSR count). The topological polar surface area (TPSA) is 84.7 Å². The normalized spacial score (nSPS) is 24.2. The fraction of sp³-hybridized carbons (Fsp3) is 0.455. The van der Waals surface area contributed by atoms with Crippen molar-refractivity contribution in [2.24, 2.45) is 5.73 Å². The van der Waals surface area contributed by atoms with Gasteiger partial charge in [0.15, 0.2) is 0 Å². The van der Waals surface area contributed by atoms with Crippen LogP contribution in [0.15, 0.2) is 24.9 Å². The number of amides is 3. The smallest absolute Gasteiger partial charge is 0.422 e. The molecule has 6 heteroatoms. The molecule has 0 fully saturated rings. The van der Waals surface area contributed by atoms with E-state index in [4.69, 9.17) is 10.5 Å². The van der Waals surface area contributed by atoms with E-state index in [1.165, 1.54) is 18.4 Å². The van der Waals surface area contributed by atoms with Crippen molar-refractivity contribution in [3.63, 3.8) is 0 Å². The summed E-state index contributed by atoms with van der Waals surface area (Å²) in [7, 11) is 0. The highest BCUT2D eigenvalue weighted by Gasteiger charge is 2.33. The van der Waals surface area contributed by atoms with Crippen LogP contribution in [0.25, 0.3) is 0 Å². The third kappa shape index (κ3) is 3.32. The molecule has 0 aliphatic carbocycles. The highest BCUT2D eigenvalue weighted by molar-refractivity contribution is 5.93. The third-order valence-electron chi connectivity index (χ3n) is 1.97. The molecule has 0 aromatic carbocycles. The van der Waals surface area contributed by atoms with Crippen molar-refractivity contribution in [2.45, 2.75) is 32.0 Å². The molecule has 1 heterocycles. The predicted molar refractivity (Wildman–Crippen MR) is 62.9 cm³/mol. The quantitative estimate of drug-likeness (QED) is 0.675. The lowest BCUT2D eigenvalue weighted by Gasteiger charge is -2.32. The Morgan fingerprint density at radius 3 is 2.65 bits per heavy atom. The number of nitrogens with two attached hydrogens (primary N) is 1. The minimum Gasteiger partial charge on any atom is -0.443 e. The predicted octanol–water partition coefficient (Wildman–Crippen LogP) is 1.30. The first-order valence-electron chi connectivity index (χ1n) is 5.13. The van der Waals surface area contributed by atoms with Crippen LogP contribution in [-0.2, 0) is 4.74 Å². The Morgan fingerprint density at radius 1 is 1.65 bits per heavy atom. The van der Waals surface area contributed by atoms with Crippen molar-refractivity contribution in [1.82, 2.24) is 10.2 Å². The Hall–Kier alpha value is -1.82. The molecule has 0 aromatic heterocycles. The number of ether oxygens (including phenoxy) is 1. The van der Waals surface area contributed by atoms with Gasteiger partial charge in [0.25, 0.3) is 0 Å². The van der Waals surface area contributed by atoms with Gasteiger partial charge in [-0.05, 0) is 32.9 Å². The van der Waals surface area contributed by atoms with Crippen LogP contribution < -0.4 is 11.1 Å². The van der Waals surface area contributed by atoms with Gasteiger partial charge in [-0.25, -0.2) is 14.5 Å². The molecular formula is C11H17N3O3. The van der Waals surface area contributed by atoms with Gasteiger partial charge in [-0.1, -0.05) is 6.58 Å². The molecule has 1 aliphatic rings. The van der Waals surface area contributed by atoms with E-state index in [0.717, 1.165) is 4.90 Å². The number of hydrogen-bond acceptors (Lipinski definition) is 4. The molecule has 3 amide bonds. The zero-order chi connectivity index (χ0) is 13.3. The number of nitrogens with zero attached hydrogens (tertiary/aromatic N) is 1. The summed E-state index contributed by atoms with van der Waals surface area (Å²) < 4.78 is 5.06. The summed E-state index contributed by atoms with van der Waals surface area (Å²) in [5.41, 5.74) is 3.93. The van der Waals surface area contributed by atoms with Gasteiger partial charge in [0.05, 0.1) is 0 Å². The second kappa shape index (κ2) is 4.21. The first-order chi connectivity index (χ1) is 7.67. The lowest BCUT2D eigenvalue weighted by molar-refractivity contribution is 0.0378. The molecule has 0 saturated heterocycles. The van der Waals surface area contributed by atoms with Crippen LogP contribution in [0.3, 0.4) is 0 Å². The van der Waals surface area contributed by atoms with Crippen molar-refractivity contribution in [1.29, 1.82) is 0 Å². The molecule has 0 bridgehead atoms. The minimum atomic E-state index is -1.13. The maximum atomic E-state index is 11.6. The standard InChI is InChI=1S/C11H17N3O3/c1-5-11(12)6-7-14(8(15)13-11)9(16)17-10(2,3)4/h5-7H,1,12H2,2-4H3,(H,13,15). The monoisotopic (exact) mass is 239 g/mol. The zero-order valence-electron chi connectivity index (χ0n) is 10.2. The van der Waals surface area contributed by atoms with Gasteiger partial charge in [0, 0.05) is 6.20 Å². The van der Waals surface area contributed by atoms with E-state index in [2.05, 4.69) is 11.9 Å². The average Bonchev–Trinajstić information content (AvgIpc) is 2.14. The average molecular weight is 239 g/mol. The molecule has 1 atom stereocenters. The summed E-state index contributed by atoms with van der Waals surface area (Å²) in [5.74, 6) is 0. The third-order valence-corrected chi connectivity index (χ3v) is 1.97. The number of hydrogen-bond donors (Lipinski definition) is 2. The first-order valence-corrected chi connectivity index (χ1v) is 5.13. The van der Waals surface area contributed by atoms with Crippen molar-refractivity contribution >= 4 is 12.1 Å². The summed E-state index contributed by atoms with van der Waals surface area (Å²) in [4.78, 5) is 24.1. The Morgan fingerprint density at radius 2 is 2.24 bits per heavy atom. The molecule has 0 aromatic rings. The Bertz CT molecular complexity index is 384. The molecule has 6 nitrogen and oxygen atoms in total. The summed E-state index contributed by atoms with van der Waals surface area (Å²) in [5, 5.41) is 2.42. The largest absolute Gasteiger partial charge is 0.443 e. The van der Waals surface area contributed by atoms with Gasteiger partial charge in [-0.15, -0.1) is 0 Å². The Kier molecular flexibility index (Phi) is 3.28. The van der Waals surface area contributed by atoms with E-state index >= 15 is 0 Å². The summed E-state index contributed by atoms with van der Waals surface area (Å²) in [6.45, 7) is 8.64. The summed E-state index contributed by atoms with van der Waals surface area (Å²) in [6.07, 6.45) is 3.34. The van der Waals surface area contributed by atoms with Crippen LogP contribution in [0.2, 0.25) is 0 Å². The number of nitrogens with one attached hydrogen (secondary N) is 1. The molecule has 1 unspecified atom stereocenters. The summed E-state index contributed by atoms with van der Waals surface area (Å²) in [6, 6.07) is -0.649. The summed E-state index contributed by atoms with van der Waals surface area (Å²) >= 11 is 0. The molecule has 3 N–H and O–H groups in total. The van der Waals surface area contributed by atoms with E-state index in [9.17, 15) is 9.59 Å². The van der Waals surface area contributed by atoms with Crippen LogP contribution in [0, 0.1) is 0 Å². The van der Waals surface area contributed by atoms with E-state index in [1.54, 1.807) is 20.8 Å². The molecule has 0 radical (unpaired) electrons. The second-order valence-corrected chi connectivity index (χ2v) is 4.73. The molecule has 94 valence electrons. The van der Waals surface area contributed by atoms with Gasteiger partial charge < -0.3 is 15.8 Å². The highest BCUT2D eigenvalue weighted by atomic mass is 16.6. The lowest BCUT2D eigenvalue weighted by Crippen LogP contribution is -2.60. The van der Waals surface area contributed by atoms with Crippen LogP contribution >= 0.6 is 0 Å². The van der Waals surface area contributed by atoms with Crippen molar-refractivity contribution < 1.29 is 14.3 Å². The van der Waals surface area contributed by atoms with Gasteiger partial charge in [0.1, 0.15) is 11.3 Å². The number of rotatable bonds is 1. The van der Waals surface area contributed by atoms with Crippen molar-refractivity contribution in [3.05, 3.63) is 24.9 Å².